The average molecular weight is 311 g/mol. The molecule has 0 radical (unpaired) electrons. The summed E-state index contributed by atoms with van der Waals surface area (Å²) in [4.78, 5) is 0.193. The maximum atomic E-state index is 12.3. The van der Waals surface area contributed by atoms with Crippen LogP contribution in [0.25, 0.3) is 0 Å². The summed E-state index contributed by atoms with van der Waals surface area (Å²) in [6.07, 6.45) is 0. The van der Waals surface area contributed by atoms with E-state index in [0.29, 0.717) is 17.3 Å². The van der Waals surface area contributed by atoms with E-state index in [-0.39, 0.29) is 4.90 Å². The highest BCUT2D eigenvalue weighted by Gasteiger charge is 2.15. The fourth-order valence-corrected chi connectivity index (χ4v) is 3.00. The monoisotopic (exact) mass is 310 g/mol. The second-order valence-electron chi connectivity index (χ2n) is 4.40. The van der Waals surface area contributed by atoms with E-state index < -0.39 is 10.0 Å². The molecule has 0 amide bonds. The van der Waals surface area contributed by atoms with Crippen LogP contribution in [0.5, 0.6) is 0 Å². The number of hydrogen-bond donors (Lipinski definition) is 2. The lowest BCUT2D eigenvalue weighted by atomic mass is 10.1. The minimum absolute atomic E-state index is 0.193. The molecule has 2 aromatic carbocycles. The van der Waals surface area contributed by atoms with Gasteiger partial charge in [-0.25, -0.2) is 8.42 Å². The topological polar surface area (TPSA) is 72.2 Å². The van der Waals surface area contributed by atoms with Gasteiger partial charge in [0, 0.05) is 17.3 Å². The van der Waals surface area contributed by atoms with Crippen molar-refractivity contribution in [2.45, 2.75) is 18.4 Å². The quantitative estimate of drug-likeness (QED) is 0.912. The van der Waals surface area contributed by atoms with Crippen LogP contribution in [0.15, 0.2) is 47.4 Å². The van der Waals surface area contributed by atoms with E-state index in [1.165, 1.54) is 0 Å². The zero-order chi connectivity index (χ0) is 14.8. The Kier molecular flexibility index (Phi) is 4.32. The van der Waals surface area contributed by atoms with Gasteiger partial charge >= 0.3 is 0 Å². The molecule has 20 heavy (non-hydrogen) atoms. The van der Waals surface area contributed by atoms with Crippen molar-refractivity contribution >= 4 is 27.3 Å². The van der Waals surface area contributed by atoms with Gasteiger partial charge in [0.25, 0.3) is 10.0 Å². The summed E-state index contributed by atoms with van der Waals surface area (Å²) in [5, 5.41) is 0.550. The Hall–Kier alpha value is -1.56. The van der Waals surface area contributed by atoms with E-state index in [9.17, 15) is 8.42 Å². The zero-order valence-corrected chi connectivity index (χ0v) is 12.5. The van der Waals surface area contributed by atoms with Gasteiger partial charge in [0.15, 0.2) is 0 Å². The molecule has 6 heteroatoms. The molecule has 2 rings (SSSR count). The normalized spacial score (nSPS) is 11.3. The summed E-state index contributed by atoms with van der Waals surface area (Å²) in [6.45, 7) is 2.20. The lowest BCUT2D eigenvalue weighted by molar-refractivity contribution is 0.601. The third-order valence-corrected chi connectivity index (χ3v) is 4.58. The summed E-state index contributed by atoms with van der Waals surface area (Å²) in [5.74, 6) is 0. The Morgan fingerprint density at radius 3 is 2.40 bits per heavy atom. The predicted octanol–water partition coefficient (Wildman–Crippen LogP) is 2.91. The molecule has 0 saturated carbocycles. The van der Waals surface area contributed by atoms with Crippen molar-refractivity contribution in [3.63, 3.8) is 0 Å². The molecule has 0 saturated heterocycles. The molecule has 0 aromatic heterocycles. The van der Waals surface area contributed by atoms with E-state index in [1.54, 1.807) is 42.5 Å². The van der Waals surface area contributed by atoms with Gasteiger partial charge < -0.3 is 5.73 Å². The number of rotatable bonds is 4. The van der Waals surface area contributed by atoms with Gasteiger partial charge in [-0.15, -0.1) is 0 Å². The highest BCUT2D eigenvalue weighted by molar-refractivity contribution is 7.92. The van der Waals surface area contributed by atoms with Crippen LogP contribution in [0, 0.1) is 6.92 Å². The van der Waals surface area contributed by atoms with E-state index in [4.69, 9.17) is 17.3 Å². The molecule has 106 valence electrons. The van der Waals surface area contributed by atoms with E-state index in [0.717, 1.165) is 11.1 Å². The second kappa shape index (κ2) is 5.83. The Morgan fingerprint density at radius 2 is 1.80 bits per heavy atom. The first-order valence-corrected chi connectivity index (χ1v) is 7.86. The van der Waals surface area contributed by atoms with Gasteiger partial charge in [-0.2, -0.15) is 0 Å². The van der Waals surface area contributed by atoms with Crippen LogP contribution in [0.3, 0.4) is 0 Å². The van der Waals surface area contributed by atoms with E-state index in [2.05, 4.69) is 4.72 Å². The van der Waals surface area contributed by atoms with Gasteiger partial charge in [0.05, 0.1) is 4.90 Å². The summed E-state index contributed by atoms with van der Waals surface area (Å²) < 4.78 is 27.1. The van der Waals surface area contributed by atoms with Crippen LogP contribution in [0.2, 0.25) is 5.02 Å². The highest BCUT2D eigenvalue weighted by Crippen LogP contribution is 2.20. The van der Waals surface area contributed by atoms with E-state index in [1.807, 2.05) is 6.92 Å². The molecule has 0 unspecified atom stereocenters. The van der Waals surface area contributed by atoms with E-state index >= 15 is 0 Å². The van der Waals surface area contributed by atoms with Crippen LogP contribution < -0.4 is 10.5 Å². The number of aryl methyl sites for hydroxylation is 1. The molecule has 0 fully saturated rings. The Bertz CT molecular complexity index is 712. The molecule has 3 N–H and O–H groups in total. The molecule has 0 atom stereocenters. The van der Waals surface area contributed by atoms with Crippen molar-refractivity contribution in [1.82, 2.24) is 0 Å². The van der Waals surface area contributed by atoms with Gasteiger partial charge in [0.2, 0.25) is 0 Å². The van der Waals surface area contributed by atoms with Gasteiger partial charge in [-0.05, 0) is 54.4 Å². The van der Waals surface area contributed by atoms with Gasteiger partial charge in [-0.3, -0.25) is 4.72 Å². The first-order valence-electron chi connectivity index (χ1n) is 6.00. The van der Waals surface area contributed by atoms with Crippen molar-refractivity contribution in [3.05, 3.63) is 58.6 Å². The predicted molar refractivity (Wildman–Crippen MR) is 81.3 cm³/mol. The summed E-state index contributed by atoms with van der Waals surface area (Å²) >= 11 is 5.77. The minimum atomic E-state index is -3.62. The van der Waals surface area contributed by atoms with Gasteiger partial charge in [0.1, 0.15) is 0 Å². The number of sulfonamides is 1. The molecule has 0 heterocycles. The average Bonchev–Trinajstić information content (AvgIpc) is 2.41. The van der Waals surface area contributed by atoms with Crippen LogP contribution in [-0.2, 0) is 16.6 Å². The van der Waals surface area contributed by atoms with Crippen molar-refractivity contribution in [1.29, 1.82) is 0 Å². The first kappa shape index (κ1) is 14.8. The number of hydrogen-bond acceptors (Lipinski definition) is 3. The Morgan fingerprint density at radius 1 is 1.15 bits per heavy atom. The minimum Gasteiger partial charge on any atom is -0.326 e. The van der Waals surface area contributed by atoms with Crippen molar-refractivity contribution < 1.29 is 8.42 Å². The number of nitrogens with two attached hydrogens (primary N) is 1. The number of anilines is 1. The molecule has 2 aromatic rings. The summed E-state index contributed by atoms with van der Waals surface area (Å²) in [5.41, 5.74) is 7.84. The maximum Gasteiger partial charge on any atom is 0.261 e. The number of halogens is 1. The fraction of sp³-hybridized carbons (Fsp3) is 0.143. The summed E-state index contributed by atoms with van der Waals surface area (Å²) in [7, 11) is -3.62. The smallest absolute Gasteiger partial charge is 0.261 e. The molecule has 0 aliphatic carbocycles. The third kappa shape index (κ3) is 3.30. The largest absolute Gasteiger partial charge is 0.326 e. The summed E-state index contributed by atoms with van der Waals surface area (Å²) in [6, 6.07) is 11.4. The standard InChI is InChI=1S/C14H15ClN2O2S/c1-10-2-7-14(8-11(10)9-16)20(18,19)17-13-5-3-12(15)4-6-13/h2-8,17H,9,16H2,1H3. The number of benzene rings is 2. The SMILES string of the molecule is Cc1ccc(S(=O)(=O)Nc2ccc(Cl)cc2)cc1CN. The second-order valence-corrected chi connectivity index (χ2v) is 6.52. The highest BCUT2D eigenvalue weighted by atomic mass is 35.5. The Balaban J connectivity index is 2.33. The molecule has 4 nitrogen and oxygen atoms in total. The molecule has 0 spiro atoms. The van der Waals surface area contributed by atoms with Crippen molar-refractivity contribution in [3.8, 4) is 0 Å². The lowest BCUT2D eigenvalue weighted by Gasteiger charge is -2.10. The van der Waals surface area contributed by atoms with Crippen molar-refractivity contribution in [2.75, 3.05) is 4.72 Å². The van der Waals surface area contributed by atoms with Crippen LogP contribution >= 0.6 is 11.6 Å². The zero-order valence-electron chi connectivity index (χ0n) is 10.9. The molecule has 0 aliphatic rings. The third-order valence-electron chi connectivity index (χ3n) is 2.95. The lowest BCUT2D eigenvalue weighted by Crippen LogP contribution is -2.14. The van der Waals surface area contributed by atoms with Crippen molar-refractivity contribution in [2.24, 2.45) is 5.73 Å². The number of nitrogens with one attached hydrogen (secondary N) is 1. The molecule has 0 bridgehead atoms. The van der Waals surface area contributed by atoms with Crippen LogP contribution in [0.1, 0.15) is 11.1 Å². The first-order chi connectivity index (χ1) is 9.42. The van der Waals surface area contributed by atoms with Crippen LogP contribution in [0.4, 0.5) is 5.69 Å². The van der Waals surface area contributed by atoms with Crippen LogP contribution in [-0.4, -0.2) is 8.42 Å². The maximum absolute atomic E-state index is 12.3. The Labute approximate surface area is 123 Å². The van der Waals surface area contributed by atoms with Gasteiger partial charge in [-0.1, -0.05) is 17.7 Å². The molecular weight excluding hydrogens is 296 g/mol. The molecule has 0 aliphatic heterocycles. The fourth-order valence-electron chi connectivity index (χ4n) is 1.77. The molecular formula is C14H15ClN2O2S.